The zero-order valence-corrected chi connectivity index (χ0v) is 11.0. The van der Waals surface area contributed by atoms with E-state index in [2.05, 4.69) is 15.3 Å². The number of rotatable bonds is 2. The highest BCUT2D eigenvalue weighted by Gasteiger charge is 2.35. The lowest BCUT2D eigenvalue weighted by Gasteiger charge is -2.12. The summed E-state index contributed by atoms with van der Waals surface area (Å²) in [5.74, 6) is -1.95. The topological polar surface area (TPSA) is 37.8 Å². The normalized spacial score (nSPS) is 11.6. The first kappa shape index (κ1) is 14.2. The van der Waals surface area contributed by atoms with E-state index in [1.165, 1.54) is 24.3 Å². The van der Waals surface area contributed by atoms with Crippen LogP contribution in [0.2, 0.25) is 0 Å². The van der Waals surface area contributed by atoms with Gasteiger partial charge in [0, 0.05) is 5.39 Å². The fourth-order valence-corrected chi connectivity index (χ4v) is 1.99. The van der Waals surface area contributed by atoms with Gasteiger partial charge in [-0.25, -0.2) is 14.4 Å². The molecular formula is C15H9F4N3. The third kappa shape index (κ3) is 2.69. The summed E-state index contributed by atoms with van der Waals surface area (Å²) < 4.78 is 52.3. The molecule has 0 spiro atoms. The van der Waals surface area contributed by atoms with Crippen molar-refractivity contribution in [1.29, 1.82) is 0 Å². The maximum atomic E-state index is 13.7. The van der Waals surface area contributed by atoms with Gasteiger partial charge in [-0.3, -0.25) is 0 Å². The van der Waals surface area contributed by atoms with Crippen molar-refractivity contribution >= 4 is 22.4 Å². The summed E-state index contributed by atoms with van der Waals surface area (Å²) >= 11 is 0. The quantitative estimate of drug-likeness (QED) is 0.707. The minimum absolute atomic E-state index is 0.0412. The van der Waals surface area contributed by atoms with E-state index in [-0.39, 0.29) is 17.0 Å². The molecule has 0 saturated carbocycles. The van der Waals surface area contributed by atoms with E-state index in [9.17, 15) is 17.6 Å². The van der Waals surface area contributed by atoms with Crippen LogP contribution in [0, 0.1) is 5.82 Å². The van der Waals surface area contributed by atoms with Gasteiger partial charge < -0.3 is 5.32 Å². The number of hydrogen-bond donors (Lipinski definition) is 1. The fourth-order valence-electron chi connectivity index (χ4n) is 1.99. The Morgan fingerprint density at radius 3 is 2.27 bits per heavy atom. The number of fused-ring (bicyclic) bond motifs is 1. The number of nitrogens with zero attached hydrogens (tertiary/aromatic N) is 2. The molecule has 2 aromatic carbocycles. The standard InChI is InChI=1S/C15H9F4N3/c16-10-6-2-4-8-12(10)20-13-9-5-1-3-7-11(9)21-14(22-13)15(17,18)19/h1-8H,(H,20,21,22). The molecular weight excluding hydrogens is 298 g/mol. The highest BCUT2D eigenvalue weighted by Crippen LogP contribution is 2.31. The van der Waals surface area contributed by atoms with Crippen molar-refractivity contribution in [2.45, 2.75) is 6.18 Å². The van der Waals surface area contributed by atoms with Crippen LogP contribution in [-0.4, -0.2) is 9.97 Å². The SMILES string of the molecule is Fc1ccccc1Nc1nc(C(F)(F)F)nc2ccccc12. The number of aromatic nitrogens is 2. The van der Waals surface area contributed by atoms with Crippen molar-refractivity contribution in [2.75, 3.05) is 5.32 Å². The van der Waals surface area contributed by atoms with Crippen molar-refractivity contribution in [2.24, 2.45) is 0 Å². The summed E-state index contributed by atoms with van der Waals surface area (Å²) in [6, 6.07) is 11.9. The predicted molar refractivity (Wildman–Crippen MR) is 74.2 cm³/mol. The van der Waals surface area contributed by atoms with Crippen molar-refractivity contribution in [3.8, 4) is 0 Å². The Hall–Kier alpha value is -2.70. The molecule has 0 amide bonds. The predicted octanol–water partition coefficient (Wildman–Crippen LogP) is 4.53. The number of anilines is 2. The molecule has 0 fully saturated rings. The van der Waals surface area contributed by atoms with Crippen LogP contribution in [0.5, 0.6) is 0 Å². The molecule has 0 unspecified atom stereocenters. The Kier molecular flexibility index (Phi) is 3.40. The molecule has 3 rings (SSSR count). The summed E-state index contributed by atoms with van der Waals surface area (Å²) in [6.07, 6.45) is -4.68. The lowest BCUT2D eigenvalue weighted by molar-refractivity contribution is -0.144. The van der Waals surface area contributed by atoms with Gasteiger partial charge in [0.05, 0.1) is 11.2 Å². The molecule has 112 valence electrons. The van der Waals surface area contributed by atoms with E-state index >= 15 is 0 Å². The fraction of sp³-hybridized carbons (Fsp3) is 0.0667. The zero-order valence-electron chi connectivity index (χ0n) is 11.0. The third-order valence-electron chi connectivity index (χ3n) is 2.98. The molecule has 3 nitrogen and oxygen atoms in total. The maximum absolute atomic E-state index is 13.7. The lowest BCUT2D eigenvalue weighted by Crippen LogP contribution is -2.12. The first-order valence-corrected chi connectivity index (χ1v) is 6.31. The van der Waals surface area contributed by atoms with E-state index in [1.807, 2.05) is 0 Å². The molecule has 0 aliphatic rings. The van der Waals surface area contributed by atoms with Gasteiger partial charge in [0.15, 0.2) is 0 Å². The molecule has 1 aromatic heterocycles. The van der Waals surface area contributed by atoms with Crippen LogP contribution in [-0.2, 0) is 6.18 Å². The number of benzene rings is 2. The summed E-state index contributed by atoms with van der Waals surface area (Å²) in [5.41, 5.74) is 0.170. The summed E-state index contributed by atoms with van der Waals surface area (Å²) in [4.78, 5) is 7.00. The largest absolute Gasteiger partial charge is 0.451 e. The summed E-state index contributed by atoms with van der Waals surface area (Å²) in [6.45, 7) is 0. The van der Waals surface area contributed by atoms with Crippen molar-refractivity contribution in [1.82, 2.24) is 9.97 Å². The molecule has 0 atom stereocenters. The van der Waals surface area contributed by atoms with E-state index in [4.69, 9.17) is 0 Å². The van der Waals surface area contributed by atoms with Crippen molar-refractivity contribution < 1.29 is 17.6 Å². The van der Waals surface area contributed by atoms with Gasteiger partial charge in [0.1, 0.15) is 11.6 Å². The smallest absolute Gasteiger partial charge is 0.337 e. The van der Waals surface area contributed by atoms with Crippen LogP contribution in [0.1, 0.15) is 5.82 Å². The Labute approximate surface area is 122 Å². The maximum Gasteiger partial charge on any atom is 0.451 e. The van der Waals surface area contributed by atoms with Gasteiger partial charge >= 0.3 is 6.18 Å². The summed E-state index contributed by atoms with van der Waals surface area (Å²) in [5, 5.41) is 2.98. The van der Waals surface area contributed by atoms with E-state index in [1.54, 1.807) is 24.3 Å². The first-order valence-electron chi connectivity index (χ1n) is 6.31. The minimum Gasteiger partial charge on any atom is -0.337 e. The summed E-state index contributed by atoms with van der Waals surface area (Å²) in [7, 11) is 0. The van der Waals surface area contributed by atoms with E-state index < -0.39 is 17.8 Å². The molecule has 7 heteroatoms. The van der Waals surface area contributed by atoms with Gasteiger partial charge in [-0.15, -0.1) is 0 Å². The molecule has 0 saturated heterocycles. The van der Waals surface area contributed by atoms with Crippen molar-refractivity contribution in [3.63, 3.8) is 0 Å². The van der Waals surface area contributed by atoms with Gasteiger partial charge in [-0.1, -0.05) is 24.3 Å². The molecule has 0 aliphatic heterocycles. The van der Waals surface area contributed by atoms with Crippen LogP contribution in [0.25, 0.3) is 10.9 Å². The molecule has 1 N–H and O–H groups in total. The molecule has 0 bridgehead atoms. The van der Waals surface area contributed by atoms with E-state index in [0.29, 0.717) is 5.39 Å². The number of nitrogens with one attached hydrogen (secondary N) is 1. The number of hydrogen-bond acceptors (Lipinski definition) is 3. The number of alkyl halides is 3. The molecule has 0 aliphatic carbocycles. The average Bonchev–Trinajstić information content (AvgIpc) is 2.48. The zero-order chi connectivity index (χ0) is 15.7. The van der Waals surface area contributed by atoms with Crippen LogP contribution in [0.3, 0.4) is 0 Å². The molecule has 3 aromatic rings. The molecule has 22 heavy (non-hydrogen) atoms. The number of halogens is 4. The highest BCUT2D eigenvalue weighted by molar-refractivity contribution is 5.90. The lowest BCUT2D eigenvalue weighted by atomic mass is 10.2. The first-order chi connectivity index (χ1) is 10.4. The van der Waals surface area contributed by atoms with Gasteiger partial charge in [0.2, 0.25) is 5.82 Å². The van der Waals surface area contributed by atoms with Crippen LogP contribution in [0.15, 0.2) is 48.5 Å². The Morgan fingerprint density at radius 2 is 1.55 bits per heavy atom. The molecule has 0 radical (unpaired) electrons. The second kappa shape index (κ2) is 5.25. The third-order valence-corrected chi connectivity index (χ3v) is 2.98. The van der Waals surface area contributed by atoms with Gasteiger partial charge in [0.25, 0.3) is 0 Å². The van der Waals surface area contributed by atoms with Gasteiger partial charge in [-0.05, 0) is 24.3 Å². The van der Waals surface area contributed by atoms with Crippen LogP contribution >= 0.6 is 0 Å². The van der Waals surface area contributed by atoms with Crippen LogP contribution in [0.4, 0.5) is 29.1 Å². The Bertz CT molecular complexity index is 830. The van der Waals surface area contributed by atoms with E-state index in [0.717, 1.165) is 0 Å². The Balaban J connectivity index is 2.17. The van der Waals surface area contributed by atoms with Gasteiger partial charge in [-0.2, -0.15) is 13.2 Å². The average molecular weight is 307 g/mol. The Morgan fingerprint density at radius 1 is 0.864 bits per heavy atom. The highest BCUT2D eigenvalue weighted by atomic mass is 19.4. The second-order valence-electron chi connectivity index (χ2n) is 4.52. The second-order valence-corrected chi connectivity index (χ2v) is 4.52. The minimum atomic E-state index is -4.68. The number of para-hydroxylation sites is 2. The van der Waals surface area contributed by atoms with Crippen LogP contribution < -0.4 is 5.32 Å². The monoisotopic (exact) mass is 307 g/mol. The van der Waals surface area contributed by atoms with Crippen molar-refractivity contribution in [3.05, 3.63) is 60.2 Å². The molecule has 1 heterocycles.